The third-order valence-corrected chi connectivity index (χ3v) is 5.50. The number of fused-ring (bicyclic) bond motifs is 2. The number of pyridine rings is 1. The van der Waals surface area contributed by atoms with Gasteiger partial charge in [-0.1, -0.05) is 18.2 Å². The average Bonchev–Trinajstić information content (AvgIpc) is 3.27. The van der Waals surface area contributed by atoms with Crippen molar-refractivity contribution in [1.29, 1.82) is 0 Å². The minimum Gasteiger partial charge on any atom is -0.351 e. The largest absolute Gasteiger partial charge is 0.351 e. The number of amides is 1. The molecule has 5 rings (SSSR count). The van der Waals surface area contributed by atoms with Crippen LogP contribution in [0.15, 0.2) is 48.7 Å². The summed E-state index contributed by atoms with van der Waals surface area (Å²) in [6.45, 7) is 3.51. The Labute approximate surface area is 156 Å². The molecule has 136 valence electrons. The molecule has 1 amide bonds. The molecule has 3 aromatic heterocycles. The Kier molecular flexibility index (Phi) is 3.70. The van der Waals surface area contributed by atoms with Crippen LogP contribution in [0.5, 0.6) is 0 Å². The molecule has 4 heterocycles. The van der Waals surface area contributed by atoms with Crippen LogP contribution in [0.2, 0.25) is 0 Å². The van der Waals surface area contributed by atoms with E-state index in [9.17, 15) is 4.79 Å². The molecule has 1 aliphatic rings. The maximum absolute atomic E-state index is 12.9. The van der Waals surface area contributed by atoms with Crippen LogP contribution in [0.3, 0.4) is 0 Å². The highest BCUT2D eigenvalue weighted by molar-refractivity contribution is 5.98. The zero-order valence-electron chi connectivity index (χ0n) is 15.2. The Morgan fingerprint density at radius 1 is 1.15 bits per heavy atom. The summed E-state index contributed by atoms with van der Waals surface area (Å²) in [5.41, 5.74) is 3.55. The average molecular weight is 359 g/mol. The van der Waals surface area contributed by atoms with Crippen molar-refractivity contribution in [3.8, 4) is 0 Å². The van der Waals surface area contributed by atoms with E-state index in [-0.39, 0.29) is 5.91 Å². The Morgan fingerprint density at radius 3 is 2.78 bits per heavy atom. The zero-order chi connectivity index (χ0) is 18.4. The highest BCUT2D eigenvalue weighted by atomic mass is 16.2. The number of H-pyrrole nitrogens is 1. The van der Waals surface area contributed by atoms with E-state index in [4.69, 9.17) is 0 Å². The van der Waals surface area contributed by atoms with Gasteiger partial charge in [-0.25, -0.2) is 9.97 Å². The summed E-state index contributed by atoms with van der Waals surface area (Å²) in [6.07, 6.45) is 3.64. The Morgan fingerprint density at radius 2 is 1.96 bits per heavy atom. The first kappa shape index (κ1) is 16.1. The molecule has 0 radical (unpaired) electrons. The lowest BCUT2D eigenvalue weighted by atomic mass is 10.0. The minimum atomic E-state index is 0.0787. The maximum Gasteiger partial charge on any atom is 0.270 e. The number of hydrogen-bond donors (Lipinski definition) is 1. The van der Waals surface area contributed by atoms with Gasteiger partial charge in [0.1, 0.15) is 17.0 Å². The van der Waals surface area contributed by atoms with Gasteiger partial charge in [-0.15, -0.1) is 0 Å². The van der Waals surface area contributed by atoms with E-state index < -0.39 is 0 Å². The molecule has 1 aromatic carbocycles. The first-order valence-corrected chi connectivity index (χ1v) is 9.37. The van der Waals surface area contributed by atoms with E-state index in [1.54, 1.807) is 0 Å². The van der Waals surface area contributed by atoms with Crippen LogP contribution in [0.25, 0.3) is 22.1 Å². The maximum atomic E-state index is 12.9. The first-order chi connectivity index (χ1) is 13.2. The van der Waals surface area contributed by atoms with Gasteiger partial charge < -0.3 is 14.5 Å². The summed E-state index contributed by atoms with van der Waals surface area (Å²) in [5, 5.41) is 1.07. The number of nitrogens with zero attached hydrogens (tertiary/aromatic N) is 4. The van der Waals surface area contributed by atoms with Crippen molar-refractivity contribution in [1.82, 2.24) is 24.4 Å². The minimum absolute atomic E-state index is 0.0787. The van der Waals surface area contributed by atoms with Crippen LogP contribution in [0.4, 0.5) is 0 Å². The molecule has 0 aliphatic carbocycles. The summed E-state index contributed by atoms with van der Waals surface area (Å²) < 4.78 is 2.24. The van der Waals surface area contributed by atoms with Crippen LogP contribution in [0, 0.1) is 6.92 Å². The molecule has 0 saturated carbocycles. The lowest BCUT2D eigenvalue weighted by Gasteiger charge is -2.33. The Hall–Kier alpha value is -3.15. The van der Waals surface area contributed by atoms with Gasteiger partial charge in [0.25, 0.3) is 5.91 Å². The Bertz CT molecular complexity index is 1100. The fourth-order valence-corrected chi connectivity index (χ4v) is 4.17. The monoisotopic (exact) mass is 359 g/mol. The number of carbonyl (C=O) groups is 1. The second kappa shape index (κ2) is 6.23. The molecular weight excluding hydrogens is 338 g/mol. The number of aryl methyl sites for hydroxylation is 1. The number of likely N-dealkylation sites (tertiary alicyclic amines) is 1. The fraction of sp³-hybridized carbons (Fsp3) is 0.286. The molecule has 1 aliphatic heterocycles. The number of rotatable bonds is 2. The number of piperidine rings is 1. The molecule has 1 saturated heterocycles. The standard InChI is InChI=1S/C21H21N5O/c1-14-23-18-7-4-10-22-20(18)26(14)16-8-11-25(12-9-16)21(27)19-13-15-5-2-3-6-17(15)24-19/h2-7,10,13,16,24H,8-9,11-12H2,1H3. The van der Waals surface area contributed by atoms with Crippen molar-refractivity contribution in [3.63, 3.8) is 0 Å². The highest BCUT2D eigenvalue weighted by Gasteiger charge is 2.27. The van der Waals surface area contributed by atoms with Crippen molar-refractivity contribution < 1.29 is 4.79 Å². The summed E-state index contributed by atoms with van der Waals surface area (Å²) in [6, 6.07) is 14.2. The number of aromatic amines is 1. The summed E-state index contributed by atoms with van der Waals surface area (Å²) in [5.74, 6) is 1.07. The van der Waals surface area contributed by atoms with Crippen LogP contribution < -0.4 is 0 Å². The molecule has 0 spiro atoms. The van der Waals surface area contributed by atoms with Crippen LogP contribution in [-0.2, 0) is 0 Å². The number of imidazole rings is 1. The molecule has 0 unspecified atom stereocenters. The molecule has 4 aromatic rings. The number of carbonyl (C=O) groups excluding carboxylic acids is 1. The first-order valence-electron chi connectivity index (χ1n) is 9.37. The normalized spacial score (nSPS) is 15.7. The number of aromatic nitrogens is 4. The number of benzene rings is 1. The van der Waals surface area contributed by atoms with Crippen molar-refractivity contribution in [3.05, 3.63) is 60.2 Å². The van der Waals surface area contributed by atoms with E-state index in [1.807, 2.05) is 60.5 Å². The quantitative estimate of drug-likeness (QED) is 0.593. The van der Waals surface area contributed by atoms with Crippen molar-refractivity contribution in [2.45, 2.75) is 25.8 Å². The molecule has 1 fully saturated rings. The molecule has 0 bridgehead atoms. The van der Waals surface area contributed by atoms with E-state index in [0.717, 1.165) is 53.8 Å². The predicted octanol–water partition coefficient (Wildman–Crippen LogP) is 3.70. The van der Waals surface area contributed by atoms with Crippen molar-refractivity contribution in [2.75, 3.05) is 13.1 Å². The summed E-state index contributed by atoms with van der Waals surface area (Å²) >= 11 is 0. The lowest BCUT2D eigenvalue weighted by molar-refractivity contribution is 0.0690. The smallest absolute Gasteiger partial charge is 0.270 e. The van der Waals surface area contributed by atoms with Gasteiger partial charge in [0, 0.05) is 36.2 Å². The lowest BCUT2D eigenvalue weighted by Crippen LogP contribution is -2.39. The van der Waals surface area contributed by atoms with Gasteiger partial charge in [-0.05, 0) is 44.0 Å². The molecular formula is C21H21N5O. The van der Waals surface area contributed by atoms with Crippen LogP contribution in [0.1, 0.15) is 35.2 Å². The van der Waals surface area contributed by atoms with Crippen LogP contribution >= 0.6 is 0 Å². The van der Waals surface area contributed by atoms with E-state index >= 15 is 0 Å². The van der Waals surface area contributed by atoms with Crippen molar-refractivity contribution in [2.24, 2.45) is 0 Å². The van der Waals surface area contributed by atoms with Gasteiger partial charge in [0.2, 0.25) is 0 Å². The third-order valence-electron chi connectivity index (χ3n) is 5.50. The van der Waals surface area contributed by atoms with Gasteiger partial charge in [-0.2, -0.15) is 0 Å². The van der Waals surface area contributed by atoms with Gasteiger partial charge in [0.15, 0.2) is 5.65 Å². The second-order valence-electron chi connectivity index (χ2n) is 7.17. The molecule has 27 heavy (non-hydrogen) atoms. The second-order valence-corrected chi connectivity index (χ2v) is 7.17. The molecule has 6 heteroatoms. The van der Waals surface area contributed by atoms with Gasteiger partial charge in [-0.3, -0.25) is 4.79 Å². The molecule has 0 atom stereocenters. The SMILES string of the molecule is Cc1nc2cccnc2n1C1CCN(C(=O)c2cc3ccccc3[nH]2)CC1. The molecule has 6 nitrogen and oxygen atoms in total. The third kappa shape index (κ3) is 2.68. The van der Waals surface area contributed by atoms with E-state index in [2.05, 4.69) is 19.5 Å². The predicted molar refractivity (Wildman–Crippen MR) is 105 cm³/mol. The van der Waals surface area contributed by atoms with Crippen molar-refractivity contribution >= 4 is 28.0 Å². The summed E-state index contributed by atoms with van der Waals surface area (Å²) in [7, 11) is 0. The van der Waals surface area contributed by atoms with E-state index in [0.29, 0.717) is 11.7 Å². The number of nitrogens with one attached hydrogen (secondary N) is 1. The summed E-state index contributed by atoms with van der Waals surface area (Å²) in [4.78, 5) is 27.2. The Balaban J connectivity index is 1.35. The number of hydrogen-bond acceptors (Lipinski definition) is 3. The molecule has 1 N–H and O–H groups in total. The van der Waals surface area contributed by atoms with E-state index in [1.165, 1.54) is 0 Å². The zero-order valence-corrected chi connectivity index (χ0v) is 15.2. The topological polar surface area (TPSA) is 66.8 Å². The van der Waals surface area contributed by atoms with Crippen LogP contribution in [-0.4, -0.2) is 43.4 Å². The highest BCUT2D eigenvalue weighted by Crippen LogP contribution is 2.28. The fourth-order valence-electron chi connectivity index (χ4n) is 4.17. The van der Waals surface area contributed by atoms with Gasteiger partial charge in [0.05, 0.1) is 0 Å². The van der Waals surface area contributed by atoms with Gasteiger partial charge >= 0.3 is 0 Å². The number of para-hydroxylation sites is 1.